The third kappa shape index (κ3) is 4.49. The van der Waals surface area contributed by atoms with Crippen LogP contribution in [0.1, 0.15) is 33.6 Å². The van der Waals surface area contributed by atoms with Crippen molar-refractivity contribution >= 4 is 23.8 Å². The molecule has 1 aliphatic rings. The molecule has 1 aromatic rings. The molecule has 1 fully saturated rings. The van der Waals surface area contributed by atoms with Crippen LogP contribution in [0, 0.1) is 0 Å². The Morgan fingerprint density at radius 1 is 1.33 bits per heavy atom. The van der Waals surface area contributed by atoms with E-state index >= 15 is 0 Å². The van der Waals surface area contributed by atoms with Crippen molar-refractivity contribution in [1.82, 2.24) is 4.90 Å². The molecule has 2 amide bonds. The van der Waals surface area contributed by atoms with Gasteiger partial charge in [0, 0.05) is 17.1 Å². The Kier molecular flexibility index (Phi) is 4.93. The second-order valence-corrected chi connectivity index (χ2v) is 7.15. The van der Waals surface area contributed by atoms with Crippen molar-refractivity contribution in [3.63, 3.8) is 0 Å². The average Bonchev–Trinajstić information content (AvgIpc) is 2.77. The highest BCUT2D eigenvalue weighted by atomic mass is 32.2. The van der Waals surface area contributed by atoms with Gasteiger partial charge in [0.05, 0.1) is 6.04 Å². The standard InChI is InChI=1S/C16H21NO3S/c1-16(2,3)20-15(19)17-12(9-10-14(17)18)11-21-13-7-5-4-6-8-13/h4-8,12H,9-11H2,1-3H3/t12-/m0/s1. The van der Waals surface area contributed by atoms with E-state index in [1.807, 2.05) is 30.3 Å². The van der Waals surface area contributed by atoms with E-state index in [1.54, 1.807) is 32.5 Å². The summed E-state index contributed by atoms with van der Waals surface area (Å²) in [5, 5.41) is 0. The van der Waals surface area contributed by atoms with Gasteiger partial charge in [0.15, 0.2) is 0 Å². The fraction of sp³-hybridized carbons (Fsp3) is 0.500. The smallest absolute Gasteiger partial charge is 0.417 e. The summed E-state index contributed by atoms with van der Waals surface area (Å²) in [5.41, 5.74) is -0.586. The summed E-state index contributed by atoms with van der Waals surface area (Å²) >= 11 is 1.66. The monoisotopic (exact) mass is 307 g/mol. The van der Waals surface area contributed by atoms with Gasteiger partial charge in [-0.05, 0) is 39.3 Å². The van der Waals surface area contributed by atoms with Gasteiger partial charge in [-0.1, -0.05) is 18.2 Å². The molecule has 0 bridgehead atoms. The zero-order valence-corrected chi connectivity index (χ0v) is 13.5. The number of thioether (sulfide) groups is 1. The van der Waals surface area contributed by atoms with Crippen LogP contribution in [0.5, 0.6) is 0 Å². The quantitative estimate of drug-likeness (QED) is 0.799. The van der Waals surface area contributed by atoms with Crippen molar-refractivity contribution in [2.24, 2.45) is 0 Å². The van der Waals surface area contributed by atoms with Crippen molar-refractivity contribution in [3.05, 3.63) is 30.3 Å². The Morgan fingerprint density at radius 3 is 2.62 bits per heavy atom. The lowest BCUT2D eigenvalue weighted by Gasteiger charge is -2.27. The van der Waals surface area contributed by atoms with E-state index in [1.165, 1.54) is 4.90 Å². The van der Waals surface area contributed by atoms with Gasteiger partial charge in [0.1, 0.15) is 5.60 Å². The number of rotatable bonds is 3. The molecule has 114 valence electrons. The summed E-state index contributed by atoms with van der Waals surface area (Å²) in [6, 6.07) is 9.90. The Balaban J connectivity index is 1.98. The van der Waals surface area contributed by atoms with E-state index in [0.29, 0.717) is 18.6 Å². The largest absolute Gasteiger partial charge is 0.443 e. The van der Waals surface area contributed by atoms with Crippen LogP contribution >= 0.6 is 11.8 Å². The number of benzene rings is 1. The minimum Gasteiger partial charge on any atom is -0.443 e. The minimum atomic E-state index is -0.586. The number of imide groups is 1. The van der Waals surface area contributed by atoms with Gasteiger partial charge in [-0.15, -0.1) is 11.8 Å². The molecule has 0 unspecified atom stereocenters. The summed E-state index contributed by atoms with van der Waals surface area (Å²) in [7, 11) is 0. The molecule has 0 saturated carbocycles. The van der Waals surface area contributed by atoms with E-state index in [-0.39, 0.29) is 11.9 Å². The molecule has 21 heavy (non-hydrogen) atoms. The number of hydrogen-bond donors (Lipinski definition) is 0. The molecule has 4 nitrogen and oxygen atoms in total. The predicted molar refractivity (Wildman–Crippen MR) is 83.3 cm³/mol. The lowest BCUT2D eigenvalue weighted by molar-refractivity contribution is -0.127. The van der Waals surface area contributed by atoms with Crippen LogP contribution in [0.25, 0.3) is 0 Å². The lowest BCUT2D eigenvalue weighted by atomic mass is 10.2. The lowest BCUT2D eigenvalue weighted by Crippen LogP contribution is -2.43. The van der Waals surface area contributed by atoms with Crippen LogP contribution in [-0.2, 0) is 9.53 Å². The molecule has 5 heteroatoms. The molecule has 2 rings (SSSR count). The molecule has 1 heterocycles. The Bertz CT molecular complexity index is 510. The van der Waals surface area contributed by atoms with Crippen molar-refractivity contribution in [3.8, 4) is 0 Å². The molecule has 1 aliphatic heterocycles. The predicted octanol–water partition coefficient (Wildman–Crippen LogP) is 3.70. The van der Waals surface area contributed by atoms with Gasteiger partial charge in [-0.2, -0.15) is 0 Å². The second-order valence-electron chi connectivity index (χ2n) is 6.06. The van der Waals surface area contributed by atoms with Gasteiger partial charge >= 0.3 is 6.09 Å². The van der Waals surface area contributed by atoms with E-state index in [4.69, 9.17) is 4.74 Å². The average molecular weight is 307 g/mol. The van der Waals surface area contributed by atoms with Crippen molar-refractivity contribution in [2.45, 2.75) is 50.2 Å². The number of carbonyl (C=O) groups is 2. The Hall–Kier alpha value is -1.49. The molecular weight excluding hydrogens is 286 g/mol. The molecular formula is C16H21NO3S. The zero-order chi connectivity index (χ0) is 15.5. The second kappa shape index (κ2) is 6.52. The maximum atomic E-state index is 12.2. The van der Waals surface area contributed by atoms with E-state index < -0.39 is 11.7 Å². The molecule has 1 aromatic carbocycles. The van der Waals surface area contributed by atoms with Crippen molar-refractivity contribution in [2.75, 3.05) is 5.75 Å². The van der Waals surface area contributed by atoms with E-state index in [9.17, 15) is 9.59 Å². The van der Waals surface area contributed by atoms with Gasteiger partial charge in [-0.3, -0.25) is 4.79 Å². The van der Waals surface area contributed by atoms with Crippen LogP contribution in [0.15, 0.2) is 35.2 Å². The van der Waals surface area contributed by atoms with E-state index in [0.717, 1.165) is 4.90 Å². The first kappa shape index (κ1) is 15.9. The van der Waals surface area contributed by atoms with Crippen LogP contribution in [0.3, 0.4) is 0 Å². The summed E-state index contributed by atoms with van der Waals surface area (Å²) in [6.07, 6.45) is 0.598. The molecule has 0 aromatic heterocycles. The fourth-order valence-corrected chi connectivity index (χ4v) is 3.22. The first-order valence-corrected chi connectivity index (χ1v) is 8.08. The Labute approximate surface area is 129 Å². The van der Waals surface area contributed by atoms with Crippen LogP contribution < -0.4 is 0 Å². The Morgan fingerprint density at radius 2 is 2.00 bits per heavy atom. The van der Waals surface area contributed by atoms with Gasteiger partial charge < -0.3 is 4.74 Å². The molecule has 0 radical (unpaired) electrons. The topological polar surface area (TPSA) is 46.6 Å². The highest BCUT2D eigenvalue weighted by molar-refractivity contribution is 7.99. The maximum Gasteiger partial charge on any atom is 0.417 e. The molecule has 0 aliphatic carbocycles. The number of likely N-dealkylation sites (tertiary alicyclic amines) is 1. The molecule has 1 atom stereocenters. The van der Waals surface area contributed by atoms with Gasteiger partial charge in [0.25, 0.3) is 0 Å². The summed E-state index contributed by atoms with van der Waals surface area (Å²) in [6.45, 7) is 5.41. The van der Waals surface area contributed by atoms with Gasteiger partial charge in [-0.25, -0.2) is 9.69 Å². The van der Waals surface area contributed by atoms with Crippen LogP contribution in [0.2, 0.25) is 0 Å². The summed E-state index contributed by atoms with van der Waals surface area (Å²) in [4.78, 5) is 26.5. The van der Waals surface area contributed by atoms with Gasteiger partial charge in [0.2, 0.25) is 5.91 Å². The van der Waals surface area contributed by atoms with Crippen molar-refractivity contribution < 1.29 is 14.3 Å². The van der Waals surface area contributed by atoms with Crippen molar-refractivity contribution in [1.29, 1.82) is 0 Å². The highest BCUT2D eigenvalue weighted by Gasteiger charge is 2.38. The maximum absolute atomic E-state index is 12.2. The number of ether oxygens (including phenoxy) is 1. The first-order valence-electron chi connectivity index (χ1n) is 7.10. The normalized spacial score (nSPS) is 18.9. The SMILES string of the molecule is CC(C)(C)OC(=O)N1C(=O)CC[C@H]1CSc1ccccc1. The first-order chi connectivity index (χ1) is 9.87. The van der Waals surface area contributed by atoms with Crippen LogP contribution in [-0.4, -0.2) is 34.3 Å². The summed E-state index contributed by atoms with van der Waals surface area (Å²) in [5.74, 6) is 0.567. The minimum absolute atomic E-state index is 0.0856. The number of nitrogens with zero attached hydrogens (tertiary/aromatic N) is 1. The molecule has 0 spiro atoms. The highest BCUT2D eigenvalue weighted by Crippen LogP contribution is 2.27. The van der Waals surface area contributed by atoms with E-state index in [2.05, 4.69) is 0 Å². The third-order valence-electron chi connectivity index (χ3n) is 3.10. The number of hydrogen-bond acceptors (Lipinski definition) is 4. The summed E-state index contributed by atoms with van der Waals surface area (Å²) < 4.78 is 5.33. The number of amides is 2. The molecule has 0 N–H and O–H groups in total. The molecule has 1 saturated heterocycles. The zero-order valence-electron chi connectivity index (χ0n) is 12.7. The number of carbonyl (C=O) groups excluding carboxylic acids is 2. The third-order valence-corrected chi connectivity index (χ3v) is 4.26. The fourth-order valence-electron chi connectivity index (χ4n) is 2.17. The van der Waals surface area contributed by atoms with Crippen LogP contribution in [0.4, 0.5) is 4.79 Å².